The molecule has 10 nitrogen and oxygen atoms in total. The van der Waals surface area contributed by atoms with Crippen molar-refractivity contribution in [3.8, 4) is 28.4 Å². The highest BCUT2D eigenvalue weighted by Gasteiger charge is 2.35. The number of pyridine rings is 1. The van der Waals surface area contributed by atoms with Gasteiger partial charge in [0.2, 0.25) is 5.91 Å². The Hall–Kier alpha value is -5.45. The van der Waals surface area contributed by atoms with Gasteiger partial charge in [0.1, 0.15) is 29.2 Å². The van der Waals surface area contributed by atoms with Gasteiger partial charge >= 0.3 is 0 Å². The summed E-state index contributed by atoms with van der Waals surface area (Å²) in [6.07, 6.45) is 4.15. The third-order valence-electron chi connectivity index (χ3n) is 8.34. The number of methoxy groups -OCH3 is 1. The van der Waals surface area contributed by atoms with E-state index in [1.807, 2.05) is 18.2 Å². The molecule has 4 heterocycles. The van der Waals surface area contributed by atoms with Gasteiger partial charge < -0.3 is 29.7 Å². The number of fused-ring (bicyclic) bond motifs is 7. The van der Waals surface area contributed by atoms with Crippen LogP contribution in [0, 0.1) is 5.82 Å². The molecule has 6 bridgehead atoms. The smallest absolute Gasteiger partial charge is 0.258 e. The van der Waals surface area contributed by atoms with Crippen molar-refractivity contribution in [1.29, 1.82) is 0 Å². The first kappa shape index (κ1) is 31.5. The number of benzene rings is 3. The zero-order valence-electron chi connectivity index (χ0n) is 25.9. The maximum Gasteiger partial charge on any atom is 0.258 e. The number of halogens is 1. The number of rotatable bonds is 4. The monoisotopic (exact) mass is 638 g/mol. The van der Waals surface area contributed by atoms with E-state index in [-0.39, 0.29) is 43.5 Å². The number of nitrogens with zero attached hydrogens (tertiary/aromatic N) is 2. The van der Waals surface area contributed by atoms with Crippen LogP contribution in [-0.2, 0) is 22.6 Å². The molecule has 3 aromatic carbocycles. The second-order valence-corrected chi connectivity index (χ2v) is 11.5. The van der Waals surface area contributed by atoms with Crippen LogP contribution in [0.15, 0.2) is 85.2 Å². The summed E-state index contributed by atoms with van der Waals surface area (Å²) < 4.78 is 32.9. The largest absolute Gasteiger partial charge is 0.496 e. The zero-order chi connectivity index (χ0) is 32.8. The molecule has 7 rings (SSSR count). The van der Waals surface area contributed by atoms with Crippen molar-refractivity contribution >= 4 is 17.7 Å². The van der Waals surface area contributed by atoms with Crippen LogP contribution in [0.5, 0.6) is 17.2 Å². The van der Waals surface area contributed by atoms with E-state index >= 15 is 4.39 Å². The highest BCUT2D eigenvalue weighted by molar-refractivity contribution is 5.96. The van der Waals surface area contributed by atoms with E-state index in [1.165, 1.54) is 19.2 Å². The lowest BCUT2D eigenvalue weighted by atomic mass is 9.99. The molecule has 1 aromatic heterocycles. The molecule has 0 radical (unpaired) electrons. The molecule has 3 amide bonds. The molecule has 1 fully saturated rings. The number of hydrogen-bond acceptors (Lipinski definition) is 7. The van der Waals surface area contributed by atoms with E-state index in [2.05, 4.69) is 15.6 Å². The number of nitrogens with one attached hydrogen (secondary N) is 2. The van der Waals surface area contributed by atoms with Gasteiger partial charge in [0.25, 0.3) is 11.8 Å². The van der Waals surface area contributed by atoms with Gasteiger partial charge in [0, 0.05) is 56.5 Å². The van der Waals surface area contributed by atoms with Crippen LogP contribution in [0.1, 0.15) is 34.3 Å². The predicted molar refractivity (Wildman–Crippen MR) is 172 cm³/mol. The van der Waals surface area contributed by atoms with Gasteiger partial charge in [0.15, 0.2) is 6.61 Å². The lowest BCUT2D eigenvalue weighted by Crippen LogP contribution is -2.58. The number of piperidine rings is 1. The fourth-order valence-corrected chi connectivity index (χ4v) is 5.80. The highest BCUT2D eigenvalue weighted by atomic mass is 19.1. The molecular weight excluding hydrogens is 603 g/mol. The van der Waals surface area contributed by atoms with Crippen LogP contribution < -0.4 is 24.8 Å². The van der Waals surface area contributed by atoms with E-state index in [9.17, 15) is 14.4 Å². The van der Waals surface area contributed by atoms with Crippen LogP contribution in [-0.4, -0.2) is 66.6 Å². The van der Waals surface area contributed by atoms with E-state index in [1.54, 1.807) is 59.8 Å². The Balaban J connectivity index is 1.30. The first-order valence-electron chi connectivity index (χ1n) is 15.5. The Morgan fingerprint density at radius 3 is 2.74 bits per heavy atom. The Labute approximate surface area is 271 Å². The number of aryl methyl sites for hydroxylation is 1. The molecule has 0 unspecified atom stereocenters. The first-order valence-corrected chi connectivity index (χ1v) is 15.5. The molecule has 0 aliphatic carbocycles. The number of likely N-dealkylation sites (tertiary alicyclic amines) is 1. The minimum atomic E-state index is -0.685. The minimum Gasteiger partial charge on any atom is -0.496 e. The van der Waals surface area contributed by atoms with Gasteiger partial charge in [-0.25, -0.2) is 4.39 Å². The summed E-state index contributed by atoms with van der Waals surface area (Å²) in [5.41, 5.74) is 2.82. The second kappa shape index (κ2) is 14.3. The van der Waals surface area contributed by atoms with E-state index in [4.69, 9.17) is 14.2 Å². The average molecular weight is 639 g/mol. The maximum absolute atomic E-state index is 15.2. The van der Waals surface area contributed by atoms with Crippen LogP contribution in [0.25, 0.3) is 11.1 Å². The third kappa shape index (κ3) is 7.69. The van der Waals surface area contributed by atoms with Gasteiger partial charge in [-0.05, 0) is 65.6 Å². The fourth-order valence-electron chi connectivity index (χ4n) is 5.80. The number of carbonyl (C=O) groups is 3. The standard InChI is InChI=1S/C36H35FN4O6/c1-45-33-18-28-10-8-26(33)20-39-34(42)22-46-27-6-2-5-24(16-27)25-9-11-30(37)29(17-25)36(44)40-31-21-41(15-13-32(31)47-28)35(43)12-7-23-4-3-14-38-19-23/h2-6,8-11,14,16-19,31-32H,7,12-13,15,20-22H2,1H3,(H,39,42)(H,40,44)/t31-,32+/m1/s1. The summed E-state index contributed by atoms with van der Waals surface area (Å²) in [6.45, 7) is 0.606. The molecule has 4 aromatic rings. The second-order valence-electron chi connectivity index (χ2n) is 11.5. The lowest BCUT2D eigenvalue weighted by molar-refractivity contribution is -0.133. The summed E-state index contributed by atoms with van der Waals surface area (Å²) in [5, 5.41) is 5.82. The number of amides is 3. The number of aromatic nitrogens is 1. The summed E-state index contributed by atoms with van der Waals surface area (Å²) in [4.78, 5) is 45.4. The van der Waals surface area contributed by atoms with Crippen LogP contribution in [0.3, 0.4) is 0 Å². The predicted octanol–water partition coefficient (Wildman–Crippen LogP) is 4.32. The van der Waals surface area contributed by atoms with Crippen LogP contribution in [0.2, 0.25) is 0 Å². The normalized spacial score (nSPS) is 18.1. The van der Waals surface area contributed by atoms with Crippen molar-refractivity contribution < 1.29 is 33.0 Å². The molecule has 0 saturated carbocycles. The van der Waals surface area contributed by atoms with Crippen molar-refractivity contribution in [3.05, 3.63) is 108 Å². The first-order chi connectivity index (χ1) is 22.9. The van der Waals surface area contributed by atoms with Crippen LogP contribution >= 0.6 is 0 Å². The third-order valence-corrected chi connectivity index (χ3v) is 8.34. The summed E-state index contributed by atoms with van der Waals surface area (Å²) in [6, 6.07) is 19.7. The fraction of sp³-hybridized carbons (Fsp3) is 0.278. The highest BCUT2D eigenvalue weighted by Crippen LogP contribution is 2.29. The van der Waals surface area contributed by atoms with Gasteiger partial charge in [0.05, 0.1) is 18.7 Å². The Bertz CT molecular complexity index is 1770. The SMILES string of the molecule is COc1cc2ccc1CNC(=O)COc1cccc(c1)-c1ccc(F)c(c1)C(=O)N[C@@H]1CN(C(=O)CCc3cccnc3)CC[C@@H]1O2. The molecule has 0 spiro atoms. The Morgan fingerprint density at radius 2 is 1.91 bits per heavy atom. The molecule has 2 N–H and O–H groups in total. The molecule has 11 heteroatoms. The summed E-state index contributed by atoms with van der Waals surface area (Å²) >= 11 is 0. The topological polar surface area (TPSA) is 119 Å². The minimum absolute atomic E-state index is 0.0589. The Morgan fingerprint density at radius 1 is 1.04 bits per heavy atom. The lowest BCUT2D eigenvalue weighted by Gasteiger charge is -2.39. The van der Waals surface area contributed by atoms with E-state index in [0.29, 0.717) is 47.8 Å². The number of hydrogen-bond donors (Lipinski definition) is 2. The molecule has 2 atom stereocenters. The molecule has 1 saturated heterocycles. The zero-order valence-corrected chi connectivity index (χ0v) is 25.9. The number of carbonyl (C=O) groups excluding carboxylic acids is 3. The Kier molecular flexibility index (Phi) is 9.61. The van der Waals surface area contributed by atoms with Crippen molar-refractivity contribution in [3.63, 3.8) is 0 Å². The molecular formula is C36H35FN4O6. The van der Waals surface area contributed by atoms with Crippen LogP contribution in [0.4, 0.5) is 4.39 Å². The van der Waals surface area contributed by atoms with E-state index < -0.39 is 23.9 Å². The van der Waals surface area contributed by atoms with E-state index in [0.717, 1.165) is 11.1 Å². The number of ether oxygens (including phenoxy) is 3. The van der Waals surface area contributed by atoms with Crippen molar-refractivity contribution in [2.75, 3.05) is 26.8 Å². The van der Waals surface area contributed by atoms with Gasteiger partial charge in [-0.3, -0.25) is 19.4 Å². The maximum atomic E-state index is 15.2. The molecule has 47 heavy (non-hydrogen) atoms. The van der Waals surface area contributed by atoms with Crippen molar-refractivity contribution in [2.45, 2.75) is 38.0 Å². The molecule has 242 valence electrons. The average Bonchev–Trinajstić information content (AvgIpc) is 3.10. The van der Waals surface area contributed by atoms with Gasteiger partial charge in [-0.1, -0.05) is 24.3 Å². The van der Waals surface area contributed by atoms with Crippen molar-refractivity contribution in [1.82, 2.24) is 20.5 Å². The summed E-state index contributed by atoms with van der Waals surface area (Å²) in [7, 11) is 1.53. The quantitative estimate of drug-likeness (QED) is 0.342. The van der Waals surface area contributed by atoms with Gasteiger partial charge in [-0.2, -0.15) is 0 Å². The molecule has 3 aliphatic heterocycles. The van der Waals surface area contributed by atoms with Gasteiger partial charge in [-0.15, -0.1) is 0 Å². The van der Waals surface area contributed by atoms with Crippen molar-refractivity contribution in [2.24, 2.45) is 0 Å². The molecule has 3 aliphatic rings. The summed E-state index contributed by atoms with van der Waals surface area (Å²) in [5.74, 6) is -0.252.